The van der Waals surface area contributed by atoms with Gasteiger partial charge in [0.1, 0.15) is 0 Å². The summed E-state index contributed by atoms with van der Waals surface area (Å²) in [5, 5.41) is 2.63. The number of allylic oxidation sites excluding steroid dienone is 2. The van der Waals surface area contributed by atoms with Crippen molar-refractivity contribution in [1.82, 2.24) is 0 Å². The van der Waals surface area contributed by atoms with Gasteiger partial charge in [-0.2, -0.15) is 0 Å². The Morgan fingerprint density at radius 3 is 2.88 bits per heavy atom. The lowest BCUT2D eigenvalue weighted by Gasteiger charge is -2.02. The Bertz CT molecular complexity index is 475. The molecule has 1 radical (unpaired) electrons. The fourth-order valence-electron chi connectivity index (χ4n) is 1.88. The van der Waals surface area contributed by atoms with Gasteiger partial charge in [0, 0.05) is 0 Å². The molecule has 0 fully saturated rings. The van der Waals surface area contributed by atoms with Gasteiger partial charge < -0.3 is 0 Å². The average Bonchev–Trinajstić information content (AvgIpc) is 2.35. The van der Waals surface area contributed by atoms with Crippen LogP contribution in [0.1, 0.15) is 25.3 Å². The van der Waals surface area contributed by atoms with E-state index < -0.39 is 0 Å². The largest absolute Gasteiger partial charge is 0.0882 e. The van der Waals surface area contributed by atoms with Crippen LogP contribution in [0.25, 0.3) is 10.8 Å². The van der Waals surface area contributed by atoms with Crippen molar-refractivity contribution in [2.24, 2.45) is 0 Å². The molecule has 0 amide bonds. The molecule has 0 N–H and O–H groups in total. The fraction of sp³-hybridized carbons (Fsp3) is 0.250. The molecule has 0 aliphatic rings. The van der Waals surface area contributed by atoms with Gasteiger partial charge >= 0.3 is 0 Å². The van der Waals surface area contributed by atoms with E-state index in [9.17, 15) is 0 Å². The predicted octanol–water partition coefficient (Wildman–Crippen LogP) is 4.54. The van der Waals surface area contributed by atoms with Crippen molar-refractivity contribution >= 4 is 10.8 Å². The van der Waals surface area contributed by atoms with Gasteiger partial charge in [-0.25, -0.2) is 0 Å². The maximum Gasteiger partial charge on any atom is -0.00851 e. The summed E-state index contributed by atoms with van der Waals surface area (Å²) in [4.78, 5) is 0. The molecule has 0 heterocycles. The first kappa shape index (κ1) is 10.9. The van der Waals surface area contributed by atoms with Crippen molar-refractivity contribution in [2.45, 2.75) is 26.2 Å². The van der Waals surface area contributed by atoms with Gasteiger partial charge in [0.15, 0.2) is 0 Å². The molecule has 2 aromatic rings. The average molecular weight is 209 g/mol. The zero-order chi connectivity index (χ0) is 11.2. The van der Waals surface area contributed by atoms with E-state index in [0.717, 1.165) is 6.42 Å². The van der Waals surface area contributed by atoms with Crippen molar-refractivity contribution in [3.05, 3.63) is 60.2 Å². The molecule has 0 unspecified atom stereocenters. The maximum atomic E-state index is 3.34. The van der Waals surface area contributed by atoms with Crippen LogP contribution in [0, 0.1) is 6.07 Å². The molecule has 16 heavy (non-hydrogen) atoms. The molecule has 2 rings (SSSR count). The van der Waals surface area contributed by atoms with Crippen molar-refractivity contribution in [3.63, 3.8) is 0 Å². The smallest absolute Gasteiger partial charge is 0.00851 e. The highest BCUT2D eigenvalue weighted by molar-refractivity contribution is 5.85. The molecule has 0 saturated heterocycles. The van der Waals surface area contributed by atoms with Crippen LogP contribution in [0.4, 0.5) is 0 Å². The van der Waals surface area contributed by atoms with Gasteiger partial charge in [-0.05, 0) is 35.2 Å². The highest BCUT2D eigenvalue weighted by atomic mass is 14.0. The summed E-state index contributed by atoms with van der Waals surface area (Å²) in [5.41, 5.74) is 1.30. The number of hydrogen-bond donors (Lipinski definition) is 0. The zero-order valence-electron chi connectivity index (χ0n) is 9.74. The molecule has 0 atom stereocenters. The van der Waals surface area contributed by atoms with E-state index in [0.29, 0.717) is 0 Å². The summed E-state index contributed by atoms with van der Waals surface area (Å²) in [6.07, 6.45) is 7.89. The Hall–Kier alpha value is -1.56. The van der Waals surface area contributed by atoms with Crippen LogP contribution >= 0.6 is 0 Å². The van der Waals surface area contributed by atoms with E-state index in [2.05, 4.69) is 55.5 Å². The lowest BCUT2D eigenvalue weighted by atomic mass is 10.0. The van der Waals surface area contributed by atoms with E-state index in [1.165, 1.54) is 29.2 Å². The summed E-state index contributed by atoms with van der Waals surface area (Å²) in [7, 11) is 0. The van der Waals surface area contributed by atoms with Crippen molar-refractivity contribution < 1.29 is 0 Å². The third kappa shape index (κ3) is 2.52. The van der Waals surface area contributed by atoms with Crippen molar-refractivity contribution in [2.75, 3.05) is 0 Å². The second kappa shape index (κ2) is 5.50. The first-order valence-electron chi connectivity index (χ1n) is 5.95. The molecule has 0 aromatic heterocycles. The lowest BCUT2D eigenvalue weighted by Crippen LogP contribution is -1.84. The number of benzene rings is 2. The zero-order valence-corrected chi connectivity index (χ0v) is 9.74. The Morgan fingerprint density at radius 1 is 1.12 bits per heavy atom. The molecule has 0 spiro atoms. The van der Waals surface area contributed by atoms with Crippen LogP contribution in [-0.2, 0) is 6.42 Å². The fourth-order valence-corrected chi connectivity index (χ4v) is 1.88. The first-order chi connectivity index (χ1) is 7.92. The molecule has 81 valence electrons. The standard InChI is InChI=1S/C16H17/c1-2-3-4-5-9-14-11-8-12-15-10-6-7-13-16(14)15/h4-8,10,12-13H,2-3,9H2,1H3. The first-order valence-corrected chi connectivity index (χ1v) is 5.95. The molecular formula is C16H17. The summed E-state index contributed by atoms with van der Waals surface area (Å²) in [6, 6.07) is 16.0. The summed E-state index contributed by atoms with van der Waals surface area (Å²) >= 11 is 0. The van der Waals surface area contributed by atoms with E-state index >= 15 is 0 Å². The number of fused-ring (bicyclic) bond motifs is 1. The van der Waals surface area contributed by atoms with Gasteiger partial charge in [-0.15, -0.1) is 0 Å². The molecular weight excluding hydrogens is 192 g/mol. The lowest BCUT2D eigenvalue weighted by molar-refractivity contribution is 0.953. The molecule has 0 heteroatoms. The Kier molecular flexibility index (Phi) is 3.76. The number of rotatable bonds is 4. The number of hydrogen-bond acceptors (Lipinski definition) is 0. The molecule has 0 aliphatic carbocycles. The number of unbranched alkanes of at least 4 members (excludes halogenated alkanes) is 1. The van der Waals surface area contributed by atoms with Crippen LogP contribution in [0.15, 0.2) is 48.6 Å². The van der Waals surface area contributed by atoms with Crippen LogP contribution in [-0.4, -0.2) is 0 Å². The molecule has 2 aromatic carbocycles. The normalized spacial score (nSPS) is 11.3. The van der Waals surface area contributed by atoms with Crippen LogP contribution in [0.3, 0.4) is 0 Å². The van der Waals surface area contributed by atoms with Gasteiger partial charge in [0.25, 0.3) is 0 Å². The second-order valence-corrected chi connectivity index (χ2v) is 4.01. The molecule has 0 aliphatic heterocycles. The van der Waals surface area contributed by atoms with E-state index in [1.807, 2.05) is 6.07 Å². The van der Waals surface area contributed by atoms with E-state index in [1.54, 1.807) is 0 Å². The summed E-state index contributed by atoms with van der Waals surface area (Å²) < 4.78 is 0. The van der Waals surface area contributed by atoms with Gasteiger partial charge in [0.05, 0.1) is 0 Å². The van der Waals surface area contributed by atoms with Gasteiger partial charge in [-0.3, -0.25) is 0 Å². The minimum Gasteiger partial charge on any atom is -0.0882 e. The van der Waals surface area contributed by atoms with Gasteiger partial charge in [0.2, 0.25) is 0 Å². The highest BCUT2D eigenvalue weighted by Gasteiger charge is 1.97. The third-order valence-corrected chi connectivity index (χ3v) is 2.75. The van der Waals surface area contributed by atoms with Crippen LogP contribution in [0.2, 0.25) is 0 Å². The quantitative estimate of drug-likeness (QED) is 0.648. The molecule has 0 nitrogen and oxygen atoms in total. The van der Waals surface area contributed by atoms with E-state index in [-0.39, 0.29) is 0 Å². The monoisotopic (exact) mass is 209 g/mol. The second-order valence-electron chi connectivity index (χ2n) is 4.01. The van der Waals surface area contributed by atoms with Crippen LogP contribution in [0.5, 0.6) is 0 Å². The Labute approximate surface area is 97.6 Å². The minimum absolute atomic E-state index is 0.987. The third-order valence-electron chi connectivity index (χ3n) is 2.75. The van der Waals surface area contributed by atoms with Crippen molar-refractivity contribution in [1.29, 1.82) is 0 Å². The Balaban J connectivity index is 2.23. The minimum atomic E-state index is 0.987. The Morgan fingerprint density at radius 2 is 2.00 bits per heavy atom. The van der Waals surface area contributed by atoms with Gasteiger partial charge in [-0.1, -0.05) is 61.9 Å². The summed E-state index contributed by atoms with van der Waals surface area (Å²) in [5.74, 6) is 0. The molecule has 0 bridgehead atoms. The topological polar surface area (TPSA) is 0 Å². The van der Waals surface area contributed by atoms with Crippen LogP contribution < -0.4 is 0 Å². The highest BCUT2D eigenvalue weighted by Crippen LogP contribution is 2.18. The molecule has 0 saturated carbocycles. The summed E-state index contributed by atoms with van der Waals surface area (Å²) in [6.45, 7) is 2.20. The predicted molar refractivity (Wildman–Crippen MR) is 70.5 cm³/mol. The SMILES string of the molecule is CCCC=CCc1[c]ccc2ccccc12. The maximum absolute atomic E-state index is 3.34. The van der Waals surface area contributed by atoms with Crippen molar-refractivity contribution in [3.8, 4) is 0 Å². The van der Waals surface area contributed by atoms with E-state index in [4.69, 9.17) is 0 Å².